The zero-order valence-corrected chi connectivity index (χ0v) is 12.1. The Kier molecular flexibility index (Phi) is 9.13. The van der Waals surface area contributed by atoms with Crippen LogP contribution in [0.15, 0.2) is 0 Å². The molecular formula is C9H13N2NaO5. The van der Waals surface area contributed by atoms with E-state index in [2.05, 4.69) is 0 Å². The minimum atomic E-state index is -1.35. The maximum Gasteiger partial charge on any atom is 1.00 e. The van der Waals surface area contributed by atoms with Gasteiger partial charge in [-0.1, -0.05) is 0 Å². The Bertz CT molecular complexity index is 317. The fourth-order valence-electron chi connectivity index (χ4n) is 1.09. The summed E-state index contributed by atoms with van der Waals surface area (Å²) in [5.74, 6) is -3.75. The Morgan fingerprint density at radius 1 is 1.18 bits per heavy atom. The van der Waals surface area contributed by atoms with Crippen molar-refractivity contribution in [3.8, 4) is 0 Å². The number of aliphatic carboxylic acids is 1. The molecule has 0 aromatic carbocycles. The number of carboxylic acids is 1. The van der Waals surface area contributed by atoms with Crippen molar-refractivity contribution in [3.05, 3.63) is 0 Å². The van der Waals surface area contributed by atoms with E-state index in [0.29, 0.717) is 4.90 Å². The first-order valence-electron chi connectivity index (χ1n) is 4.58. The molecule has 0 aliphatic heterocycles. The summed E-state index contributed by atoms with van der Waals surface area (Å²) in [4.78, 5) is 44.0. The number of carbonyl (C=O) groups excluding carboxylic acids is 4. The molecule has 3 amide bonds. The number of amides is 3. The maximum atomic E-state index is 11.5. The molecule has 0 fully saturated rings. The van der Waals surface area contributed by atoms with Gasteiger partial charge in [0.2, 0.25) is 11.8 Å². The van der Waals surface area contributed by atoms with Gasteiger partial charge in [0.05, 0.1) is 6.04 Å². The molecule has 0 bridgehead atoms. The van der Waals surface area contributed by atoms with E-state index < -0.39 is 36.2 Å². The molecule has 0 aromatic rings. The number of hydrogen-bond donors (Lipinski definition) is 1. The van der Waals surface area contributed by atoms with E-state index in [9.17, 15) is 24.3 Å². The van der Waals surface area contributed by atoms with Gasteiger partial charge in [-0.2, -0.15) is 0 Å². The first kappa shape index (κ1) is 18.6. The number of carboxylic acid groups (broad SMARTS) is 1. The summed E-state index contributed by atoms with van der Waals surface area (Å²) in [6.45, 7) is 2.09. The van der Waals surface area contributed by atoms with E-state index in [1.165, 1.54) is 0 Å². The van der Waals surface area contributed by atoms with Gasteiger partial charge in [0.25, 0.3) is 5.91 Å². The Balaban J connectivity index is 0. The Hall–Kier alpha value is -0.760. The molecule has 0 spiro atoms. The van der Waals surface area contributed by atoms with Gasteiger partial charge in [0.1, 0.15) is 0 Å². The van der Waals surface area contributed by atoms with Crippen molar-refractivity contribution < 1.29 is 53.8 Å². The Morgan fingerprint density at radius 3 is 1.88 bits per heavy atom. The molecule has 0 unspecified atom stereocenters. The predicted molar refractivity (Wildman–Crippen MR) is 50.4 cm³/mol. The summed E-state index contributed by atoms with van der Waals surface area (Å²) < 4.78 is 0. The number of imide groups is 3. The second kappa shape index (κ2) is 8.35. The molecule has 0 aliphatic carbocycles. The molecule has 7 nitrogen and oxygen atoms in total. The van der Waals surface area contributed by atoms with Gasteiger partial charge in [0, 0.05) is 19.8 Å². The van der Waals surface area contributed by atoms with Crippen molar-refractivity contribution in [1.29, 1.82) is 0 Å². The van der Waals surface area contributed by atoms with E-state index in [1.54, 1.807) is 0 Å². The second-order valence-electron chi connectivity index (χ2n) is 3.23. The standard InChI is InChI=1S/C9H14N2O5.Na/c1-5(12)11(6(2)13)9(16)7(10)3-4-8(14)15;/h7H,3-4,10H2,1-2H3,(H,14,15);/q;+1/p-1/t7-;/m0./s1. The average Bonchev–Trinajstić information content (AvgIpc) is 2.12. The van der Waals surface area contributed by atoms with Crippen molar-refractivity contribution in [2.45, 2.75) is 32.7 Å². The van der Waals surface area contributed by atoms with Gasteiger partial charge in [-0.15, -0.1) is 0 Å². The molecule has 0 aliphatic rings. The monoisotopic (exact) mass is 252 g/mol. The van der Waals surface area contributed by atoms with Gasteiger partial charge >= 0.3 is 29.6 Å². The Labute approximate surface area is 121 Å². The van der Waals surface area contributed by atoms with Crippen LogP contribution < -0.4 is 40.4 Å². The van der Waals surface area contributed by atoms with Crippen LogP contribution in [0, 0.1) is 0 Å². The van der Waals surface area contributed by atoms with Crippen LogP contribution in [0.5, 0.6) is 0 Å². The Morgan fingerprint density at radius 2 is 1.59 bits per heavy atom. The average molecular weight is 252 g/mol. The van der Waals surface area contributed by atoms with Crippen molar-refractivity contribution in [2.24, 2.45) is 5.73 Å². The topological polar surface area (TPSA) is 121 Å². The normalized spacial score (nSPS) is 11.0. The molecule has 1 atom stereocenters. The number of hydrogen-bond acceptors (Lipinski definition) is 6. The molecule has 0 saturated heterocycles. The third kappa shape index (κ3) is 6.52. The van der Waals surface area contributed by atoms with Crippen LogP contribution in [-0.4, -0.2) is 34.6 Å². The van der Waals surface area contributed by atoms with Gasteiger partial charge in [-0.3, -0.25) is 14.4 Å². The second-order valence-corrected chi connectivity index (χ2v) is 3.23. The third-order valence-corrected chi connectivity index (χ3v) is 1.83. The number of nitrogens with two attached hydrogens (primary N) is 1. The molecule has 0 heterocycles. The fraction of sp³-hybridized carbons (Fsp3) is 0.556. The van der Waals surface area contributed by atoms with Gasteiger partial charge in [-0.25, -0.2) is 4.90 Å². The number of nitrogens with zero attached hydrogens (tertiary/aromatic N) is 1. The zero-order chi connectivity index (χ0) is 12.9. The molecule has 0 radical (unpaired) electrons. The van der Waals surface area contributed by atoms with Gasteiger partial charge < -0.3 is 15.6 Å². The minimum absolute atomic E-state index is 0. The maximum absolute atomic E-state index is 11.5. The molecular weight excluding hydrogens is 239 g/mol. The summed E-state index contributed by atoms with van der Waals surface area (Å²) in [7, 11) is 0. The molecule has 90 valence electrons. The zero-order valence-electron chi connectivity index (χ0n) is 10.1. The largest absolute Gasteiger partial charge is 1.00 e. The summed E-state index contributed by atoms with van der Waals surface area (Å²) in [6, 6.07) is -1.20. The van der Waals surface area contributed by atoms with Crippen molar-refractivity contribution >= 4 is 23.7 Å². The van der Waals surface area contributed by atoms with E-state index >= 15 is 0 Å². The van der Waals surface area contributed by atoms with Crippen LogP contribution in [0.25, 0.3) is 0 Å². The van der Waals surface area contributed by atoms with E-state index in [0.717, 1.165) is 13.8 Å². The van der Waals surface area contributed by atoms with E-state index in [-0.39, 0.29) is 36.0 Å². The van der Waals surface area contributed by atoms with Crippen LogP contribution >= 0.6 is 0 Å². The van der Waals surface area contributed by atoms with Crippen molar-refractivity contribution in [2.75, 3.05) is 0 Å². The SMILES string of the molecule is CC(=O)N(C(C)=O)C(=O)[C@@H](N)CCC(=O)[O-].[Na+]. The number of rotatable bonds is 4. The van der Waals surface area contributed by atoms with Crippen molar-refractivity contribution in [1.82, 2.24) is 4.90 Å². The van der Waals surface area contributed by atoms with Crippen LogP contribution in [0.2, 0.25) is 0 Å². The fourth-order valence-corrected chi connectivity index (χ4v) is 1.09. The third-order valence-electron chi connectivity index (χ3n) is 1.83. The quantitative estimate of drug-likeness (QED) is 0.499. The summed E-state index contributed by atoms with van der Waals surface area (Å²) in [5, 5.41) is 10.1. The van der Waals surface area contributed by atoms with Gasteiger partial charge in [-0.05, 0) is 12.8 Å². The summed E-state index contributed by atoms with van der Waals surface area (Å²) in [5.41, 5.74) is 5.36. The van der Waals surface area contributed by atoms with Crippen molar-refractivity contribution in [3.63, 3.8) is 0 Å². The first-order chi connectivity index (χ1) is 7.27. The molecule has 0 rings (SSSR count). The smallest absolute Gasteiger partial charge is 0.550 e. The molecule has 2 N–H and O–H groups in total. The number of carbonyl (C=O) groups is 4. The predicted octanol–water partition coefficient (Wildman–Crippen LogP) is -5.23. The summed E-state index contributed by atoms with van der Waals surface area (Å²) in [6.07, 6.45) is -0.589. The van der Waals surface area contributed by atoms with Gasteiger partial charge in [0.15, 0.2) is 0 Å². The molecule has 0 aromatic heterocycles. The molecule has 17 heavy (non-hydrogen) atoms. The first-order valence-corrected chi connectivity index (χ1v) is 4.58. The van der Waals surface area contributed by atoms with E-state index in [1.807, 2.05) is 0 Å². The minimum Gasteiger partial charge on any atom is -0.550 e. The summed E-state index contributed by atoms with van der Waals surface area (Å²) >= 11 is 0. The van der Waals surface area contributed by atoms with Crippen LogP contribution in [0.3, 0.4) is 0 Å². The molecule has 0 saturated carbocycles. The van der Waals surface area contributed by atoms with Crippen LogP contribution in [0.4, 0.5) is 0 Å². The molecule has 8 heteroatoms. The van der Waals surface area contributed by atoms with Crippen LogP contribution in [-0.2, 0) is 19.2 Å². The van der Waals surface area contributed by atoms with Crippen LogP contribution in [0.1, 0.15) is 26.7 Å². The van der Waals surface area contributed by atoms with E-state index in [4.69, 9.17) is 5.73 Å².